The number of aromatic nitrogens is 4. The van der Waals surface area contributed by atoms with Gasteiger partial charge in [0.1, 0.15) is 51.9 Å². The maximum Gasteiger partial charge on any atom is 2.00 e. The zero-order valence-corrected chi connectivity index (χ0v) is 39.5. The van der Waals surface area contributed by atoms with Crippen molar-refractivity contribution in [2.45, 2.75) is 19.6 Å². The number of nitrogens with one attached hydrogen (secondary N) is 2. The van der Waals surface area contributed by atoms with E-state index in [1.165, 1.54) is 0 Å². The predicted molar refractivity (Wildman–Crippen MR) is 212 cm³/mol. The molecule has 33 heteroatoms. The van der Waals surface area contributed by atoms with Crippen LogP contribution in [0.25, 0.3) is 11.4 Å². The number of benzene rings is 4. The summed E-state index contributed by atoms with van der Waals surface area (Å²) in [6, 6.07) is 16.3. The smallest absolute Gasteiger partial charge is 0.744 e. The second kappa shape index (κ2) is 22.0. The summed E-state index contributed by atoms with van der Waals surface area (Å²) in [4.78, 5) is 45.7. The van der Waals surface area contributed by atoms with E-state index >= 15 is 0 Å². The minimum absolute atomic E-state index is 0. The van der Waals surface area contributed by atoms with Crippen LogP contribution >= 0.6 is 0 Å². The van der Waals surface area contributed by atoms with Crippen molar-refractivity contribution in [3.05, 3.63) is 129 Å². The van der Waals surface area contributed by atoms with Crippen LogP contribution in [0.1, 0.15) is 21.0 Å². The van der Waals surface area contributed by atoms with Crippen LogP contribution in [0.3, 0.4) is 0 Å². The standard InChI is InChI=1S/2C16H12N4O9S2.3Mg/c2*21-15-13(18-17-9-1-5-11(6-2-9)30(24,25)26)14(16(22)23)19-20(15)10-3-7-12(8-4-10)31(27,28)29;;;/h2*1-8,19H,(H,22,23)(H,24,25,26)(H,27,28,29);;;/q;;3*+2/p-6. The zero-order valence-electron chi connectivity index (χ0n) is 32.0. The molecule has 0 unspecified atom stereocenters. The first-order chi connectivity index (χ1) is 28.8. The Bertz CT molecular complexity index is 3150. The number of carbonyl (C=O) groups is 2. The molecule has 6 rings (SSSR count). The average molecular weight is 1000 g/mol. The number of carbonyl (C=O) groups excluding carboxylic acids is 2. The Morgan fingerprint density at radius 3 is 0.862 bits per heavy atom. The first-order valence-corrected chi connectivity index (χ1v) is 21.6. The van der Waals surface area contributed by atoms with Crippen LogP contribution in [0.5, 0.6) is 0 Å². The number of hydrogen-bond donors (Lipinski definition) is 2. The zero-order chi connectivity index (χ0) is 45.9. The van der Waals surface area contributed by atoms with Crippen LogP contribution < -0.4 is 21.3 Å². The van der Waals surface area contributed by atoms with Crippen LogP contribution in [0.4, 0.5) is 22.7 Å². The molecule has 0 saturated heterocycles. The van der Waals surface area contributed by atoms with Gasteiger partial charge in [-0.1, -0.05) is 0 Å². The topological polar surface area (TPSA) is 434 Å². The molecule has 0 fully saturated rings. The maximum atomic E-state index is 12.6. The summed E-state index contributed by atoms with van der Waals surface area (Å²) in [5.74, 6) is -3.59. The minimum atomic E-state index is -4.72. The Labute approximate surface area is 412 Å². The van der Waals surface area contributed by atoms with E-state index in [0.717, 1.165) is 97.1 Å². The van der Waals surface area contributed by atoms with Gasteiger partial charge in [0.2, 0.25) is 0 Å². The Balaban J connectivity index is 0.000000427. The summed E-state index contributed by atoms with van der Waals surface area (Å²) in [6.45, 7) is 0. The molecule has 0 spiro atoms. The van der Waals surface area contributed by atoms with Crippen LogP contribution in [0.2, 0.25) is 0 Å². The van der Waals surface area contributed by atoms with E-state index in [4.69, 9.17) is 0 Å². The Morgan fingerprint density at radius 2 is 0.646 bits per heavy atom. The molecule has 65 heavy (non-hydrogen) atoms. The molecule has 0 bridgehead atoms. The number of hydrogen-bond acceptors (Lipinski definition) is 22. The van der Waals surface area contributed by atoms with E-state index in [2.05, 4.69) is 30.7 Å². The number of aromatic amines is 2. The molecule has 2 N–H and O–H groups in total. The van der Waals surface area contributed by atoms with Gasteiger partial charge in [-0.2, -0.15) is 10.2 Å². The summed E-state index contributed by atoms with van der Waals surface area (Å²) < 4.78 is 133. The molecule has 0 amide bonds. The maximum absolute atomic E-state index is 12.6. The first-order valence-electron chi connectivity index (χ1n) is 16.0. The third kappa shape index (κ3) is 14.0. The van der Waals surface area contributed by atoms with Gasteiger partial charge in [-0.25, -0.2) is 43.0 Å². The van der Waals surface area contributed by atoms with Gasteiger partial charge >= 0.3 is 69.2 Å². The van der Waals surface area contributed by atoms with Gasteiger partial charge in [0.15, 0.2) is 11.4 Å². The first kappa shape index (κ1) is 56.1. The van der Waals surface area contributed by atoms with E-state index < -0.39 is 106 Å². The Kier molecular flexibility index (Phi) is 19.0. The minimum Gasteiger partial charge on any atom is -0.744 e. The van der Waals surface area contributed by atoms with Gasteiger partial charge < -0.3 is 38.0 Å². The van der Waals surface area contributed by atoms with Crippen molar-refractivity contribution in [3.8, 4) is 11.4 Å². The SMILES string of the molecule is O=C([O-])c1[nH]n(-c2ccc(S(=O)(=O)[O-])cc2)c(=O)c1N=Nc1ccc(S(=O)(=O)[O-])cc1.O=C([O-])c1[nH]n(-c2ccc(S(=O)(=O)[O-])cc2)c(=O)c1N=Nc1ccc(S(=O)(=O)[O-])cc1.[Mg+2].[Mg+2].[Mg+2]. The molecule has 0 aliphatic carbocycles. The van der Waals surface area contributed by atoms with Gasteiger partial charge in [-0.05, 0) is 97.1 Å². The number of carboxylic acids is 2. The van der Waals surface area contributed by atoms with Crippen LogP contribution in [-0.2, 0) is 40.5 Å². The normalized spacial score (nSPS) is 11.8. The summed E-state index contributed by atoms with van der Waals surface area (Å²) in [5, 5.41) is 41.6. The number of carboxylic acid groups (broad SMARTS) is 2. The summed E-state index contributed by atoms with van der Waals surface area (Å²) in [5.41, 5.74) is -4.79. The quantitative estimate of drug-likeness (QED) is 0.0789. The second-order valence-corrected chi connectivity index (χ2v) is 17.2. The fourth-order valence-electron chi connectivity index (χ4n) is 4.79. The molecule has 2 aromatic heterocycles. The van der Waals surface area contributed by atoms with E-state index in [1.807, 2.05) is 0 Å². The fourth-order valence-corrected chi connectivity index (χ4v) is 6.67. The molecule has 26 nitrogen and oxygen atoms in total. The number of H-pyrrole nitrogens is 2. The molecular weight excluding hydrogens is 986 g/mol. The summed E-state index contributed by atoms with van der Waals surface area (Å²) in [7, 11) is -18.8. The Hall–Kier alpha value is -5.02. The van der Waals surface area contributed by atoms with Crippen LogP contribution in [0.15, 0.2) is 147 Å². The van der Waals surface area contributed by atoms with E-state index in [9.17, 15) is 81.3 Å². The van der Waals surface area contributed by atoms with E-state index in [-0.39, 0.29) is 91.9 Å². The van der Waals surface area contributed by atoms with Crippen LogP contribution in [-0.4, -0.2) is 153 Å². The average Bonchev–Trinajstić information content (AvgIpc) is 3.71. The molecular formula is C32H18Mg3N8O18S4. The molecule has 0 aliphatic heterocycles. The third-order valence-electron chi connectivity index (χ3n) is 7.69. The number of nitrogens with zero attached hydrogens (tertiary/aromatic N) is 6. The molecule has 0 saturated carbocycles. The van der Waals surface area contributed by atoms with Crippen LogP contribution in [0, 0.1) is 0 Å². The molecule has 0 atom stereocenters. The van der Waals surface area contributed by atoms with Crippen molar-refractivity contribution in [1.82, 2.24) is 19.6 Å². The number of aromatic carboxylic acids is 2. The van der Waals surface area contributed by atoms with Crippen molar-refractivity contribution in [3.63, 3.8) is 0 Å². The van der Waals surface area contributed by atoms with E-state index in [0.29, 0.717) is 9.36 Å². The Morgan fingerprint density at radius 1 is 0.415 bits per heavy atom. The number of azo groups is 2. The predicted octanol–water partition coefficient (Wildman–Crippen LogP) is -1.64. The molecule has 0 radical (unpaired) electrons. The van der Waals surface area contributed by atoms with Crippen molar-refractivity contribution >= 4 is 144 Å². The van der Waals surface area contributed by atoms with Crippen molar-refractivity contribution < 1.29 is 71.7 Å². The van der Waals surface area contributed by atoms with E-state index in [1.54, 1.807) is 0 Å². The molecule has 4 aromatic carbocycles. The van der Waals surface area contributed by atoms with Crippen molar-refractivity contribution in [2.75, 3.05) is 0 Å². The second-order valence-electron chi connectivity index (χ2n) is 11.7. The third-order valence-corrected chi connectivity index (χ3v) is 11.1. The molecule has 324 valence electrons. The van der Waals surface area contributed by atoms with Gasteiger partial charge in [0.05, 0.1) is 54.3 Å². The van der Waals surface area contributed by atoms with Gasteiger partial charge in [-0.3, -0.25) is 19.8 Å². The van der Waals surface area contributed by atoms with Crippen molar-refractivity contribution in [1.29, 1.82) is 0 Å². The summed E-state index contributed by atoms with van der Waals surface area (Å²) >= 11 is 0. The monoisotopic (exact) mass is 1000 g/mol. The molecule has 0 aliphatic rings. The summed E-state index contributed by atoms with van der Waals surface area (Å²) in [6.07, 6.45) is 0. The van der Waals surface area contributed by atoms with Gasteiger partial charge in [0, 0.05) is 0 Å². The fraction of sp³-hybridized carbons (Fsp3) is 0. The van der Waals surface area contributed by atoms with Crippen molar-refractivity contribution in [2.24, 2.45) is 20.5 Å². The van der Waals surface area contributed by atoms with Gasteiger partial charge in [-0.15, -0.1) is 10.2 Å². The van der Waals surface area contributed by atoms with Gasteiger partial charge in [0.25, 0.3) is 11.1 Å². The molecule has 2 heterocycles. The largest absolute Gasteiger partial charge is 2.00 e. The molecule has 6 aromatic rings. The number of rotatable bonds is 12.